The van der Waals surface area contributed by atoms with E-state index in [9.17, 15) is 9.59 Å². The molecular formula is C11H14N2O2. The number of carbonyl (C=O) groups excluding carboxylic acids is 2. The second-order valence-electron chi connectivity index (χ2n) is 3.23. The SMILES string of the molecule is CC(C(N)=O)N(CC=O)c1ccccc1. The fraction of sp³-hybridized carbons (Fsp3) is 0.273. The maximum Gasteiger partial charge on any atom is 0.239 e. The van der Waals surface area contributed by atoms with Crippen molar-refractivity contribution in [3.8, 4) is 0 Å². The van der Waals surface area contributed by atoms with Gasteiger partial charge in [0.15, 0.2) is 0 Å². The van der Waals surface area contributed by atoms with Crippen molar-refractivity contribution in [2.75, 3.05) is 11.4 Å². The molecule has 1 aromatic rings. The molecule has 0 saturated heterocycles. The Bertz CT molecular complexity index is 338. The Hall–Kier alpha value is -1.84. The van der Waals surface area contributed by atoms with Crippen molar-refractivity contribution in [2.24, 2.45) is 5.73 Å². The fourth-order valence-electron chi connectivity index (χ4n) is 1.34. The summed E-state index contributed by atoms with van der Waals surface area (Å²) in [7, 11) is 0. The number of nitrogens with zero attached hydrogens (tertiary/aromatic N) is 1. The molecule has 2 N–H and O–H groups in total. The first-order valence-electron chi connectivity index (χ1n) is 4.71. The number of rotatable bonds is 5. The monoisotopic (exact) mass is 206 g/mol. The Labute approximate surface area is 88.7 Å². The number of benzene rings is 1. The van der Waals surface area contributed by atoms with Crippen molar-refractivity contribution in [1.29, 1.82) is 0 Å². The van der Waals surface area contributed by atoms with Crippen molar-refractivity contribution in [3.05, 3.63) is 30.3 Å². The van der Waals surface area contributed by atoms with Crippen LogP contribution in [0.4, 0.5) is 5.69 Å². The zero-order valence-electron chi connectivity index (χ0n) is 8.59. The highest BCUT2D eigenvalue weighted by Gasteiger charge is 2.18. The van der Waals surface area contributed by atoms with Crippen LogP contribution >= 0.6 is 0 Å². The van der Waals surface area contributed by atoms with Crippen molar-refractivity contribution in [2.45, 2.75) is 13.0 Å². The summed E-state index contributed by atoms with van der Waals surface area (Å²) in [5, 5.41) is 0. The zero-order valence-corrected chi connectivity index (χ0v) is 8.59. The molecule has 1 rings (SSSR count). The lowest BCUT2D eigenvalue weighted by Crippen LogP contribution is -2.43. The van der Waals surface area contributed by atoms with E-state index < -0.39 is 11.9 Å². The number of nitrogens with two attached hydrogens (primary N) is 1. The number of carbonyl (C=O) groups is 2. The Kier molecular flexibility index (Phi) is 3.85. The minimum atomic E-state index is -0.488. The number of hydrogen-bond donors (Lipinski definition) is 1. The van der Waals surface area contributed by atoms with Gasteiger partial charge in [0.1, 0.15) is 12.3 Å². The standard InChI is InChI=1S/C11H14N2O2/c1-9(11(12)15)13(7-8-14)10-5-3-2-4-6-10/h2-6,8-9H,7H2,1H3,(H2,12,15). The summed E-state index contributed by atoms with van der Waals surface area (Å²) in [5.41, 5.74) is 6.02. The molecule has 4 nitrogen and oxygen atoms in total. The molecule has 15 heavy (non-hydrogen) atoms. The van der Waals surface area contributed by atoms with Gasteiger partial charge in [-0.2, -0.15) is 0 Å². The fourth-order valence-corrected chi connectivity index (χ4v) is 1.34. The van der Waals surface area contributed by atoms with Gasteiger partial charge in [0.05, 0.1) is 6.54 Å². The van der Waals surface area contributed by atoms with Crippen LogP contribution in [0.15, 0.2) is 30.3 Å². The molecule has 80 valence electrons. The average molecular weight is 206 g/mol. The molecule has 0 aliphatic rings. The first kappa shape index (κ1) is 11.2. The Balaban J connectivity index is 2.92. The quantitative estimate of drug-likeness (QED) is 0.716. The second kappa shape index (κ2) is 5.14. The van der Waals surface area contributed by atoms with Crippen molar-refractivity contribution in [1.82, 2.24) is 0 Å². The lowest BCUT2D eigenvalue weighted by atomic mass is 10.2. The summed E-state index contributed by atoms with van der Waals surface area (Å²) in [5.74, 6) is -0.444. The van der Waals surface area contributed by atoms with Gasteiger partial charge < -0.3 is 15.4 Å². The van der Waals surface area contributed by atoms with Crippen LogP contribution in [0, 0.1) is 0 Å². The highest BCUT2D eigenvalue weighted by molar-refractivity contribution is 5.84. The third-order valence-electron chi connectivity index (χ3n) is 2.24. The minimum absolute atomic E-state index is 0.161. The van der Waals surface area contributed by atoms with Crippen molar-refractivity contribution in [3.63, 3.8) is 0 Å². The summed E-state index contributed by atoms with van der Waals surface area (Å²) in [6, 6.07) is 8.75. The van der Waals surface area contributed by atoms with E-state index in [1.807, 2.05) is 30.3 Å². The largest absolute Gasteiger partial charge is 0.368 e. The summed E-state index contributed by atoms with van der Waals surface area (Å²) in [6.45, 7) is 1.84. The Morgan fingerprint density at radius 3 is 2.53 bits per heavy atom. The molecule has 4 heteroatoms. The molecule has 0 aromatic heterocycles. The first-order chi connectivity index (χ1) is 7.16. The number of anilines is 1. The Morgan fingerprint density at radius 1 is 1.47 bits per heavy atom. The van der Waals surface area contributed by atoms with Crippen LogP contribution in [0.25, 0.3) is 0 Å². The van der Waals surface area contributed by atoms with Crippen LogP contribution in [0.3, 0.4) is 0 Å². The number of aldehydes is 1. The summed E-state index contributed by atoms with van der Waals surface area (Å²) in [4.78, 5) is 23.2. The van der Waals surface area contributed by atoms with E-state index in [1.54, 1.807) is 11.8 Å². The molecule has 0 aliphatic carbocycles. The van der Waals surface area contributed by atoms with E-state index >= 15 is 0 Å². The van der Waals surface area contributed by atoms with Crippen molar-refractivity contribution < 1.29 is 9.59 Å². The van der Waals surface area contributed by atoms with Crippen LogP contribution in [-0.2, 0) is 9.59 Å². The maximum absolute atomic E-state index is 11.1. The predicted molar refractivity (Wildman–Crippen MR) is 58.5 cm³/mol. The van der Waals surface area contributed by atoms with Gasteiger partial charge in [-0.25, -0.2) is 0 Å². The smallest absolute Gasteiger partial charge is 0.239 e. The minimum Gasteiger partial charge on any atom is -0.368 e. The van der Waals surface area contributed by atoms with Crippen LogP contribution in [0.5, 0.6) is 0 Å². The van der Waals surface area contributed by atoms with Crippen LogP contribution < -0.4 is 10.6 Å². The maximum atomic E-state index is 11.1. The topological polar surface area (TPSA) is 63.4 Å². The molecule has 1 atom stereocenters. The summed E-state index contributed by atoms with van der Waals surface area (Å²) in [6.07, 6.45) is 0.756. The second-order valence-corrected chi connectivity index (χ2v) is 3.23. The van der Waals surface area contributed by atoms with Crippen LogP contribution in [0.2, 0.25) is 0 Å². The van der Waals surface area contributed by atoms with E-state index in [0.717, 1.165) is 12.0 Å². The summed E-state index contributed by atoms with van der Waals surface area (Å²) < 4.78 is 0. The van der Waals surface area contributed by atoms with Gasteiger partial charge in [-0.1, -0.05) is 18.2 Å². The van der Waals surface area contributed by atoms with E-state index in [0.29, 0.717) is 0 Å². The highest BCUT2D eigenvalue weighted by atomic mass is 16.1. The van der Waals surface area contributed by atoms with E-state index in [1.165, 1.54) is 0 Å². The van der Waals surface area contributed by atoms with Gasteiger partial charge >= 0.3 is 0 Å². The molecular weight excluding hydrogens is 192 g/mol. The third-order valence-corrected chi connectivity index (χ3v) is 2.24. The zero-order chi connectivity index (χ0) is 11.3. The number of para-hydroxylation sites is 1. The van der Waals surface area contributed by atoms with Gasteiger partial charge in [0.25, 0.3) is 0 Å². The molecule has 0 saturated carbocycles. The lowest BCUT2D eigenvalue weighted by Gasteiger charge is -2.27. The number of amides is 1. The predicted octanol–water partition coefficient (Wildman–Crippen LogP) is 0.566. The van der Waals surface area contributed by atoms with Crippen LogP contribution in [0.1, 0.15) is 6.92 Å². The van der Waals surface area contributed by atoms with Gasteiger partial charge in [-0.15, -0.1) is 0 Å². The highest BCUT2D eigenvalue weighted by Crippen LogP contribution is 2.15. The molecule has 0 radical (unpaired) electrons. The first-order valence-corrected chi connectivity index (χ1v) is 4.71. The molecule has 1 unspecified atom stereocenters. The molecule has 0 heterocycles. The average Bonchev–Trinajstić information content (AvgIpc) is 2.26. The molecule has 0 fully saturated rings. The molecule has 1 aromatic carbocycles. The van der Waals surface area contributed by atoms with Crippen molar-refractivity contribution >= 4 is 17.9 Å². The van der Waals surface area contributed by atoms with Gasteiger partial charge in [0.2, 0.25) is 5.91 Å². The van der Waals surface area contributed by atoms with E-state index in [-0.39, 0.29) is 6.54 Å². The van der Waals surface area contributed by atoms with Crippen LogP contribution in [-0.4, -0.2) is 24.8 Å². The molecule has 1 amide bonds. The number of primary amides is 1. The third kappa shape index (κ3) is 2.80. The summed E-state index contributed by atoms with van der Waals surface area (Å²) >= 11 is 0. The van der Waals surface area contributed by atoms with Gasteiger partial charge in [-0.3, -0.25) is 4.79 Å². The molecule has 0 bridgehead atoms. The van der Waals surface area contributed by atoms with Gasteiger partial charge in [-0.05, 0) is 19.1 Å². The van der Waals surface area contributed by atoms with E-state index in [4.69, 9.17) is 5.73 Å². The van der Waals surface area contributed by atoms with Gasteiger partial charge in [0, 0.05) is 5.69 Å². The van der Waals surface area contributed by atoms with E-state index in [2.05, 4.69) is 0 Å². The lowest BCUT2D eigenvalue weighted by molar-refractivity contribution is -0.119. The normalized spacial score (nSPS) is 11.8. The number of hydrogen-bond acceptors (Lipinski definition) is 3. The molecule has 0 spiro atoms. The molecule has 0 aliphatic heterocycles. The Morgan fingerprint density at radius 2 is 2.07 bits per heavy atom.